The molecule has 0 fully saturated rings. The predicted molar refractivity (Wildman–Crippen MR) is 49.2 cm³/mol. The summed E-state index contributed by atoms with van der Waals surface area (Å²) in [4.78, 5) is 10.5. The average molecular weight is 179 g/mol. The minimum atomic E-state index is -1.51. The zero-order valence-corrected chi connectivity index (χ0v) is 6.97. The SMILES string of the molecule is NC(=O)Cc1cccc(B(O)O)c1. The van der Waals surface area contributed by atoms with Gasteiger partial charge in [0.15, 0.2) is 0 Å². The molecule has 68 valence electrons. The van der Waals surface area contributed by atoms with E-state index in [4.69, 9.17) is 15.8 Å². The Morgan fingerprint density at radius 3 is 2.69 bits per heavy atom. The van der Waals surface area contributed by atoms with Crippen molar-refractivity contribution < 1.29 is 14.8 Å². The van der Waals surface area contributed by atoms with Gasteiger partial charge in [0.2, 0.25) is 5.91 Å². The highest BCUT2D eigenvalue weighted by atomic mass is 16.4. The molecule has 4 N–H and O–H groups in total. The van der Waals surface area contributed by atoms with E-state index in [9.17, 15) is 4.79 Å². The fourth-order valence-electron chi connectivity index (χ4n) is 1.06. The number of benzene rings is 1. The molecular formula is C8H10BNO3. The molecule has 0 saturated carbocycles. The lowest BCUT2D eigenvalue weighted by Gasteiger charge is -2.01. The van der Waals surface area contributed by atoms with Crippen molar-refractivity contribution in [3.8, 4) is 0 Å². The van der Waals surface area contributed by atoms with Gasteiger partial charge in [0.1, 0.15) is 0 Å². The van der Waals surface area contributed by atoms with Gasteiger partial charge < -0.3 is 15.8 Å². The van der Waals surface area contributed by atoms with Crippen molar-refractivity contribution in [2.75, 3.05) is 0 Å². The molecule has 0 radical (unpaired) electrons. The molecule has 0 saturated heterocycles. The summed E-state index contributed by atoms with van der Waals surface area (Å²) in [6.07, 6.45) is 0.112. The van der Waals surface area contributed by atoms with Gasteiger partial charge in [-0.15, -0.1) is 0 Å². The Bertz CT molecular complexity index is 314. The van der Waals surface area contributed by atoms with Crippen LogP contribution < -0.4 is 11.2 Å². The molecule has 1 rings (SSSR count). The van der Waals surface area contributed by atoms with E-state index in [2.05, 4.69) is 0 Å². The van der Waals surface area contributed by atoms with Gasteiger partial charge in [-0.05, 0) is 11.0 Å². The second-order valence-electron chi connectivity index (χ2n) is 2.76. The highest BCUT2D eigenvalue weighted by molar-refractivity contribution is 6.58. The van der Waals surface area contributed by atoms with Crippen LogP contribution in [-0.2, 0) is 11.2 Å². The van der Waals surface area contributed by atoms with Crippen molar-refractivity contribution in [3.05, 3.63) is 29.8 Å². The first-order valence-electron chi connectivity index (χ1n) is 3.83. The standard InChI is InChI=1S/C8H10BNO3/c10-8(11)5-6-2-1-3-7(4-6)9(12)13/h1-4,12-13H,5H2,(H2,10,11). The second-order valence-corrected chi connectivity index (χ2v) is 2.76. The van der Waals surface area contributed by atoms with E-state index >= 15 is 0 Å². The van der Waals surface area contributed by atoms with E-state index in [1.807, 2.05) is 0 Å². The minimum Gasteiger partial charge on any atom is -0.423 e. The Hall–Kier alpha value is -1.33. The quantitative estimate of drug-likeness (QED) is 0.488. The molecule has 0 atom stereocenters. The number of hydrogen-bond donors (Lipinski definition) is 3. The van der Waals surface area contributed by atoms with Gasteiger partial charge in [0.05, 0.1) is 6.42 Å². The molecule has 4 nitrogen and oxygen atoms in total. The summed E-state index contributed by atoms with van der Waals surface area (Å²) in [7, 11) is -1.51. The van der Waals surface area contributed by atoms with Crippen molar-refractivity contribution in [2.24, 2.45) is 5.73 Å². The Labute approximate surface area is 76.1 Å². The van der Waals surface area contributed by atoms with Gasteiger partial charge in [0, 0.05) is 0 Å². The van der Waals surface area contributed by atoms with Gasteiger partial charge >= 0.3 is 7.12 Å². The van der Waals surface area contributed by atoms with Crippen molar-refractivity contribution in [2.45, 2.75) is 6.42 Å². The van der Waals surface area contributed by atoms with Crippen LogP contribution in [0.15, 0.2) is 24.3 Å². The third-order valence-corrected chi connectivity index (χ3v) is 1.63. The Kier molecular flexibility index (Phi) is 3.05. The van der Waals surface area contributed by atoms with Crippen LogP contribution in [0.4, 0.5) is 0 Å². The first-order chi connectivity index (χ1) is 6.09. The third-order valence-electron chi connectivity index (χ3n) is 1.63. The number of carbonyl (C=O) groups excluding carboxylic acids is 1. The van der Waals surface area contributed by atoms with E-state index in [0.717, 1.165) is 0 Å². The zero-order valence-electron chi connectivity index (χ0n) is 6.97. The lowest BCUT2D eigenvalue weighted by molar-refractivity contribution is -0.117. The summed E-state index contributed by atoms with van der Waals surface area (Å²) in [6, 6.07) is 6.45. The molecule has 0 aliphatic carbocycles. The maximum absolute atomic E-state index is 10.5. The van der Waals surface area contributed by atoms with Crippen LogP contribution in [0.5, 0.6) is 0 Å². The largest absolute Gasteiger partial charge is 0.488 e. The van der Waals surface area contributed by atoms with E-state index in [0.29, 0.717) is 11.0 Å². The molecule has 0 heterocycles. The fraction of sp³-hybridized carbons (Fsp3) is 0.125. The van der Waals surface area contributed by atoms with Crippen LogP contribution in [-0.4, -0.2) is 23.1 Å². The van der Waals surface area contributed by atoms with Crippen molar-refractivity contribution in [1.29, 1.82) is 0 Å². The monoisotopic (exact) mass is 179 g/mol. The smallest absolute Gasteiger partial charge is 0.423 e. The van der Waals surface area contributed by atoms with Crippen molar-refractivity contribution in [1.82, 2.24) is 0 Å². The number of carbonyl (C=O) groups is 1. The van der Waals surface area contributed by atoms with Crippen LogP contribution in [0.3, 0.4) is 0 Å². The fourth-order valence-corrected chi connectivity index (χ4v) is 1.06. The van der Waals surface area contributed by atoms with Gasteiger partial charge in [-0.1, -0.05) is 24.3 Å². The topological polar surface area (TPSA) is 83.6 Å². The summed E-state index contributed by atoms with van der Waals surface area (Å²) in [5.41, 5.74) is 6.03. The molecule has 1 aromatic carbocycles. The summed E-state index contributed by atoms with van der Waals surface area (Å²) >= 11 is 0. The minimum absolute atomic E-state index is 0.112. The Morgan fingerprint density at radius 2 is 2.15 bits per heavy atom. The van der Waals surface area contributed by atoms with Crippen LogP contribution in [0.25, 0.3) is 0 Å². The average Bonchev–Trinajstić information content (AvgIpc) is 2.03. The van der Waals surface area contributed by atoms with Crippen molar-refractivity contribution >= 4 is 18.5 Å². The molecule has 0 spiro atoms. The molecule has 5 heteroatoms. The molecule has 1 aromatic rings. The summed E-state index contributed by atoms with van der Waals surface area (Å²) in [6.45, 7) is 0. The highest BCUT2D eigenvalue weighted by Crippen LogP contribution is 1.97. The molecule has 1 amide bonds. The Morgan fingerprint density at radius 1 is 1.46 bits per heavy atom. The first-order valence-corrected chi connectivity index (χ1v) is 3.83. The molecule has 0 aliphatic heterocycles. The summed E-state index contributed by atoms with van der Waals surface area (Å²) in [5.74, 6) is -0.440. The van der Waals surface area contributed by atoms with Gasteiger partial charge in [-0.25, -0.2) is 0 Å². The zero-order chi connectivity index (χ0) is 9.84. The first kappa shape index (κ1) is 9.76. The van der Waals surface area contributed by atoms with Crippen LogP contribution in [0.1, 0.15) is 5.56 Å². The van der Waals surface area contributed by atoms with Crippen LogP contribution in [0, 0.1) is 0 Å². The van der Waals surface area contributed by atoms with E-state index in [1.54, 1.807) is 18.2 Å². The Balaban J connectivity index is 2.85. The maximum atomic E-state index is 10.5. The molecule has 0 aromatic heterocycles. The van der Waals surface area contributed by atoms with Gasteiger partial charge in [-0.3, -0.25) is 4.79 Å². The number of amides is 1. The lowest BCUT2D eigenvalue weighted by atomic mass is 9.79. The number of nitrogens with two attached hydrogens (primary N) is 1. The predicted octanol–water partition coefficient (Wildman–Crippen LogP) is -1.61. The summed E-state index contributed by atoms with van der Waals surface area (Å²) < 4.78 is 0. The highest BCUT2D eigenvalue weighted by Gasteiger charge is 2.10. The van der Waals surface area contributed by atoms with E-state index < -0.39 is 13.0 Å². The number of rotatable bonds is 3. The molecule has 0 aliphatic rings. The lowest BCUT2D eigenvalue weighted by Crippen LogP contribution is -2.30. The molecule has 0 unspecified atom stereocenters. The van der Waals surface area contributed by atoms with E-state index in [-0.39, 0.29) is 6.42 Å². The van der Waals surface area contributed by atoms with Crippen LogP contribution >= 0.6 is 0 Å². The van der Waals surface area contributed by atoms with Gasteiger partial charge in [-0.2, -0.15) is 0 Å². The van der Waals surface area contributed by atoms with Crippen molar-refractivity contribution in [3.63, 3.8) is 0 Å². The molecule has 13 heavy (non-hydrogen) atoms. The van der Waals surface area contributed by atoms with E-state index in [1.165, 1.54) is 6.07 Å². The molecular weight excluding hydrogens is 169 g/mol. The molecule has 0 bridgehead atoms. The summed E-state index contributed by atoms with van der Waals surface area (Å²) in [5, 5.41) is 17.6. The normalized spacial score (nSPS) is 9.69. The van der Waals surface area contributed by atoms with Gasteiger partial charge in [0.25, 0.3) is 0 Å². The second kappa shape index (κ2) is 4.07. The third kappa shape index (κ3) is 2.89. The number of hydrogen-bond acceptors (Lipinski definition) is 3. The maximum Gasteiger partial charge on any atom is 0.488 e. The number of primary amides is 1. The van der Waals surface area contributed by atoms with Crippen LogP contribution in [0.2, 0.25) is 0 Å².